The number of amides is 1. The van der Waals surface area contributed by atoms with Crippen LogP contribution in [0.25, 0.3) is 0 Å². The van der Waals surface area contributed by atoms with E-state index in [0.717, 1.165) is 12.8 Å². The highest BCUT2D eigenvalue weighted by atomic mass is 16.3. The monoisotopic (exact) mass is 216 g/mol. The Labute approximate surface area is 92.2 Å². The molecule has 0 rings (SSSR count). The van der Waals surface area contributed by atoms with Gasteiger partial charge < -0.3 is 16.2 Å². The topological polar surface area (TPSA) is 75.3 Å². The van der Waals surface area contributed by atoms with Crippen molar-refractivity contribution in [3.8, 4) is 0 Å². The van der Waals surface area contributed by atoms with Crippen LogP contribution in [0.3, 0.4) is 0 Å². The zero-order chi connectivity index (χ0) is 11.7. The van der Waals surface area contributed by atoms with Gasteiger partial charge in [-0.2, -0.15) is 0 Å². The van der Waals surface area contributed by atoms with Crippen molar-refractivity contribution in [3.05, 3.63) is 0 Å². The Morgan fingerprint density at radius 1 is 1.40 bits per heavy atom. The molecule has 90 valence electrons. The molecule has 0 saturated carbocycles. The number of aliphatic hydroxyl groups excluding tert-OH is 1. The van der Waals surface area contributed by atoms with Crippen molar-refractivity contribution < 1.29 is 9.90 Å². The maximum absolute atomic E-state index is 11.3. The molecule has 0 radical (unpaired) electrons. The van der Waals surface area contributed by atoms with E-state index in [4.69, 9.17) is 10.8 Å². The molecule has 4 N–H and O–H groups in total. The van der Waals surface area contributed by atoms with Crippen LogP contribution in [0.15, 0.2) is 0 Å². The van der Waals surface area contributed by atoms with Gasteiger partial charge in [-0.25, -0.2) is 0 Å². The molecule has 4 nitrogen and oxygen atoms in total. The van der Waals surface area contributed by atoms with E-state index in [1.807, 2.05) is 13.8 Å². The van der Waals surface area contributed by atoms with Gasteiger partial charge in [-0.1, -0.05) is 13.8 Å². The first-order valence-electron chi connectivity index (χ1n) is 5.67. The Morgan fingerprint density at radius 3 is 2.60 bits per heavy atom. The zero-order valence-corrected chi connectivity index (χ0v) is 9.83. The summed E-state index contributed by atoms with van der Waals surface area (Å²) in [6, 6.07) is 0. The summed E-state index contributed by atoms with van der Waals surface area (Å²) >= 11 is 0. The first kappa shape index (κ1) is 14.4. The van der Waals surface area contributed by atoms with Crippen molar-refractivity contribution in [2.24, 2.45) is 17.6 Å². The van der Waals surface area contributed by atoms with E-state index in [0.29, 0.717) is 25.4 Å². The summed E-state index contributed by atoms with van der Waals surface area (Å²) in [5.41, 5.74) is 5.43. The second-order valence-electron chi connectivity index (χ2n) is 4.32. The van der Waals surface area contributed by atoms with E-state index in [9.17, 15) is 4.79 Å². The molecule has 0 spiro atoms. The second kappa shape index (κ2) is 8.68. The first-order chi connectivity index (χ1) is 7.10. The number of nitrogens with one attached hydrogen (secondary N) is 1. The molecule has 0 heterocycles. The van der Waals surface area contributed by atoms with Crippen LogP contribution >= 0.6 is 0 Å². The Morgan fingerprint density at radius 2 is 2.07 bits per heavy atom. The van der Waals surface area contributed by atoms with Crippen LogP contribution in [0, 0.1) is 11.8 Å². The van der Waals surface area contributed by atoms with Crippen molar-refractivity contribution in [3.63, 3.8) is 0 Å². The van der Waals surface area contributed by atoms with Crippen LogP contribution in [-0.4, -0.2) is 30.7 Å². The first-order valence-corrected chi connectivity index (χ1v) is 5.67. The van der Waals surface area contributed by atoms with Gasteiger partial charge in [0.2, 0.25) is 5.91 Å². The lowest BCUT2D eigenvalue weighted by atomic mass is 10.1. The molecule has 0 fully saturated rings. The lowest BCUT2D eigenvalue weighted by molar-refractivity contribution is -0.121. The highest BCUT2D eigenvalue weighted by molar-refractivity contribution is 5.76. The molecule has 0 aliphatic rings. The third kappa shape index (κ3) is 8.39. The summed E-state index contributed by atoms with van der Waals surface area (Å²) < 4.78 is 0. The van der Waals surface area contributed by atoms with E-state index in [-0.39, 0.29) is 18.4 Å². The van der Waals surface area contributed by atoms with E-state index in [1.54, 1.807) is 0 Å². The Balaban J connectivity index is 3.39. The molecule has 0 bridgehead atoms. The summed E-state index contributed by atoms with van der Waals surface area (Å²) in [6.07, 6.45) is 2.37. The molecule has 2 unspecified atom stereocenters. The van der Waals surface area contributed by atoms with Crippen molar-refractivity contribution in [2.75, 3.05) is 19.7 Å². The number of nitrogens with two attached hydrogens (primary N) is 1. The Bertz CT molecular complexity index is 174. The standard InChI is InChI=1S/C11H24N2O2/c1-9(8-14)4-3-5-13-11(15)6-10(2)7-12/h9-10,14H,3-8,12H2,1-2H3,(H,13,15). The fourth-order valence-corrected chi connectivity index (χ4v) is 1.24. The van der Waals surface area contributed by atoms with Gasteiger partial charge in [0.15, 0.2) is 0 Å². The zero-order valence-electron chi connectivity index (χ0n) is 9.83. The third-order valence-corrected chi connectivity index (χ3v) is 2.44. The third-order valence-electron chi connectivity index (χ3n) is 2.44. The summed E-state index contributed by atoms with van der Waals surface area (Å²) in [5.74, 6) is 0.649. The minimum Gasteiger partial charge on any atom is -0.396 e. The fraction of sp³-hybridized carbons (Fsp3) is 0.909. The summed E-state index contributed by atoms with van der Waals surface area (Å²) in [4.78, 5) is 11.3. The van der Waals surface area contributed by atoms with Gasteiger partial charge >= 0.3 is 0 Å². The van der Waals surface area contributed by atoms with Crippen molar-refractivity contribution >= 4 is 5.91 Å². The van der Waals surface area contributed by atoms with E-state index < -0.39 is 0 Å². The van der Waals surface area contributed by atoms with Gasteiger partial charge in [0.25, 0.3) is 0 Å². The normalized spacial score (nSPS) is 14.7. The number of carbonyl (C=O) groups excluding carboxylic acids is 1. The minimum atomic E-state index is 0.0737. The van der Waals surface area contributed by atoms with Crippen LogP contribution < -0.4 is 11.1 Å². The molecule has 0 aromatic carbocycles. The fourth-order valence-electron chi connectivity index (χ4n) is 1.24. The van der Waals surface area contributed by atoms with Gasteiger partial charge in [-0.05, 0) is 31.2 Å². The molecular weight excluding hydrogens is 192 g/mol. The molecule has 4 heteroatoms. The molecular formula is C11H24N2O2. The van der Waals surface area contributed by atoms with Crippen LogP contribution in [0.2, 0.25) is 0 Å². The van der Waals surface area contributed by atoms with Crippen LogP contribution in [-0.2, 0) is 4.79 Å². The quantitative estimate of drug-likeness (QED) is 0.517. The average molecular weight is 216 g/mol. The van der Waals surface area contributed by atoms with Crippen LogP contribution in [0.1, 0.15) is 33.1 Å². The number of hydrogen-bond acceptors (Lipinski definition) is 3. The largest absolute Gasteiger partial charge is 0.396 e. The van der Waals surface area contributed by atoms with Gasteiger partial charge in [0.1, 0.15) is 0 Å². The highest BCUT2D eigenvalue weighted by Crippen LogP contribution is 2.03. The lowest BCUT2D eigenvalue weighted by Gasteiger charge is -2.10. The smallest absolute Gasteiger partial charge is 0.220 e. The van der Waals surface area contributed by atoms with Crippen molar-refractivity contribution in [1.29, 1.82) is 0 Å². The molecule has 2 atom stereocenters. The second-order valence-corrected chi connectivity index (χ2v) is 4.32. The SMILES string of the molecule is CC(CO)CCCNC(=O)CC(C)CN. The predicted molar refractivity (Wildman–Crippen MR) is 61.3 cm³/mol. The lowest BCUT2D eigenvalue weighted by Crippen LogP contribution is -2.28. The average Bonchev–Trinajstić information content (AvgIpc) is 2.23. The molecule has 15 heavy (non-hydrogen) atoms. The summed E-state index contributed by atoms with van der Waals surface area (Å²) in [7, 11) is 0. The number of carbonyl (C=O) groups is 1. The Kier molecular flexibility index (Phi) is 8.33. The number of rotatable bonds is 8. The molecule has 0 aromatic heterocycles. The van der Waals surface area contributed by atoms with Crippen LogP contribution in [0.4, 0.5) is 0 Å². The van der Waals surface area contributed by atoms with Crippen LogP contribution in [0.5, 0.6) is 0 Å². The molecule has 0 saturated heterocycles. The predicted octanol–water partition coefficient (Wildman–Crippen LogP) is 0.496. The van der Waals surface area contributed by atoms with Gasteiger partial charge in [0.05, 0.1) is 0 Å². The molecule has 0 aliphatic heterocycles. The van der Waals surface area contributed by atoms with E-state index >= 15 is 0 Å². The van der Waals surface area contributed by atoms with E-state index in [1.165, 1.54) is 0 Å². The minimum absolute atomic E-state index is 0.0737. The molecule has 1 amide bonds. The maximum Gasteiger partial charge on any atom is 0.220 e. The highest BCUT2D eigenvalue weighted by Gasteiger charge is 2.06. The van der Waals surface area contributed by atoms with Crippen molar-refractivity contribution in [1.82, 2.24) is 5.32 Å². The Hall–Kier alpha value is -0.610. The molecule has 0 aliphatic carbocycles. The number of hydrogen-bond donors (Lipinski definition) is 3. The summed E-state index contributed by atoms with van der Waals surface area (Å²) in [5, 5.41) is 11.6. The van der Waals surface area contributed by atoms with Gasteiger partial charge in [0, 0.05) is 19.6 Å². The van der Waals surface area contributed by atoms with E-state index in [2.05, 4.69) is 5.32 Å². The summed E-state index contributed by atoms with van der Waals surface area (Å²) in [6.45, 7) is 5.43. The van der Waals surface area contributed by atoms with Crippen molar-refractivity contribution in [2.45, 2.75) is 33.1 Å². The maximum atomic E-state index is 11.3. The van der Waals surface area contributed by atoms with Gasteiger partial charge in [-0.15, -0.1) is 0 Å². The molecule has 0 aromatic rings. The number of aliphatic hydroxyl groups is 1. The van der Waals surface area contributed by atoms with Gasteiger partial charge in [-0.3, -0.25) is 4.79 Å².